The molecule has 0 heterocycles. The summed E-state index contributed by atoms with van der Waals surface area (Å²) in [5.41, 5.74) is 0.593. The van der Waals surface area contributed by atoms with E-state index in [-0.39, 0.29) is 17.3 Å². The van der Waals surface area contributed by atoms with E-state index in [0.717, 1.165) is 13.4 Å². The summed E-state index contributed by atoms with van der Waals surface area (Å²) in [6, 6.07) is 20.9. The molecule has 3 rings (SSSR count). The lowest BCUT2D eigenvalue weighted by atomic mass is 10.1. The second-order valence-electron chi connectivity index (χ2n) is 9.86. The van der Waals surface area contributed by atoms with Crippen LogP contribution in [0.4, 0.5) is 5.69 Å². The van der Waals surface area contributed by atoms with Crippen molar-refractivity contribution in [3.05, 3.63) is 93.0 Å². The van der Waals surface area contributed by atoms with Crippen molar-refractivity contribution in [3.63, 3.8) is 0 Å². The lowest BCUT2D eigenvalue weighted by Gasteiger charge is -2.33. The van der Waals surface area contributed by atoms with Gasteiger partial charge < -0.3 is 10.2 Å². The van der Waals surface area contributed by atoms with Crippen molar-refractivity contribution in [1.82, 2.24) is 10.2 Å². The molecule has 0 aliphatic rings. The zero-order chi connectivity index (χ0) is 28.1. The van der Waals surface area contributed by atoms with E-state index in [1.165, 1.54) is 17.0 Å². The molecule has 1 N–H and O–H groups in total. The molecule has 2 amide bonds. The predicted molar refractivity (Wildman–Crippen MR) is 159 cm³/mol. The van der Waals surface area contributed by atoms with Crippen LogP contribution >= 0.6 is 34.2 Å². The van der Waals surface area contributed by atoms with Gasteiger partial charge in [-0.05, 0) is 104 Å². The van der Waals surface area contributed by atoms with Gasteiger partial charge in [0.1, 0.15) is 12.6 Å². The van der Waals surface area contributed by atoms with Crippen LogP contribution < -0.4 is 9.62 Å². The molecule has 0 fully saturated rings. The lowest BCUT2D eigenvalue weighted by Crippen LogP contribution is -2.54. The van der Waals surface area contributed by atoms with Crippen molar-refractivity contribution in [2.24, 2.45) is 0 Å². The van der Waals surface area contributed by atoms with Crippen LogP contribution in [-0.2, 0) is 26.2 Å². The van der Waals surface area contributed by atoms with Crippen LogP contribution in [0, 0.1) is 3.57 Å². The van der Waals surface area contributed by atoms with E-state index in [1.807, 2.05) is 20.8 Å². The molecule has 1 atom stereocenters. The van der Waals surface area contributed by atoms with Crippen molar-refractivity contribution in [2.75, 3.05) is 10.8 Å². The van der Waals surface area contributed by atoms with E-state index in [2.05, 4.69) is 27.9 Å². The summed E-state index contributed by atoms with van der Waals surface area (Å²) in [4.78, 5) is 28.4. The number of amides is 2. The number of hydrogen-bond donors (Lipinski definition) is 1. The van der Waals surface area contributed by atoms with Gasteiger partial charge in [0.15, 0.2) is 0 Å². The Morgan fingerprint density at radius 1 is 0.947 bits per heavy atom. The van der Waals surface area contributed by atoms with Gasteiger partial charge in [0.05, 0.1) is 10.6 Å². The molecule has 202 valence electrons. The summed E-state index contributed by atoms with van der Waals surface area (Å²) in [7, 11) is -4.08. The van der Waals surface area contributed by atoms with Crippen molar-refractivity contribution in [3.8, 4) is 0 Å². The van der Waals surface area contributed by atoms with Gasteiger partial charge in [0.25, 0.3) is 10.0 Å². The van der Waals surface area contributed by atoms with E-state index >= 15 is 0 Å². The van der Waals surface area contributed by atoms with Gasteiger partial charge in [-0.2, -0.15) is 0 Å². The van der Waals surface area contributed by atoms with Crippen LogP contribution in [0.25, 0.3) is 0 Å². The fourth-order valence-electron chi connectivity index (χ4n) is 3.70. The van der Waals surface area contributed by atoms with E-state index < -0.39 is 34.1 Å². The number of nitrogens with zero attached hydrogens (tertiary/aromatic N) is 2. The van der Waals surface area contributed by atoms with Crippen LogP contribution in [0.1, 0.15) is 33.3 Å². The number of sulfonamides is 1. The Labute approximate surface area is 243 Å². The van der Waals surface area contributed by atoms with Crippen LogP contribution in [0.15, 0.2) is 83.8 Å². The van der Waals surface area contributed by atoms with Gasteiger partial charge in [-0.15, -0.1) is 0 Å². The number of hydrogen-bond acceptors (Lipinski definition) is 4. The zero-order valence-corrected chi connectivity index (χ0v) is 25.4. The Balaban J connectivity index is 2.01. The molecule has 0 aromatic heterocycles. The Morgan fingerprint density at radius 2 is 1.53 bits per heavy atom. The molecular formula is C28H31ClIN3O4S. The first-order valence-electron chi connectivity index (χ1n) is 12.0. The fourth-order valence-corrected chi connectivity index (χ4v) is 5.62. The van der Waals surface area contributed by atoms with Crippen molar-refractivity contribution < 1.29 is 18.0 Å². The second-order valence-corrected chi connectivity index (χ2v) is 13.4. The Bertz CT molecular complexity index is 1360. The maximum atomic E-state index is 13.9. The van der Waals surface area contributed by atoms with Crippen LogP contribution in [-0.4, -0.2) is 43.3 Å². The minimum Gasteiger partial charge on any atom is -0.350 e. The number of benzene rings is 3. The Morgan fingerprint density at radius 3 is 2.08 bits per heavy atom. The zero-order valence-electron chi connectivity index (χ0n) is 21.7. The van der Waals surface area contributed by atoms with E-state index in [1.54, 1.807) is 73.7 Å². The molecule has 0 spiro atoms. The predicted octanol–water partition coefficient (Wildman–Crippen LogP) is 5.47. The smallest absolute Gasteiger partial charge is 0.264 e. The first kappa shape index (κ1) is 29.9. The maximum absolute atomic E-state index is 13.9. The summed E-state index contributed by atoms with van der Waals surface area (Å²) >= 11 is 8.17. The molecule has 10 heteroatoms. The van der Waals surface area contributed by atoms with Gasteiger partial charge in [0.2, 0.25) is 11.8 Å². The third-order valence-corrected chi connectivity index (χ3v) is 8.42. The summed E-state index contributed by atoms with van der Waals surface area (Å²) in [5.74, 6) is -0.860. The summed E-state index contributed by atoms with van der Waals surface area (Å²) in [6.45, 7) is 6.81. The third kappa shape index (κ3) is 7.94. The largest absolute Gasteiger partial charge is 0.350 e. The number of rotatable bonds is 9. The quantitative estimate of drug-likeness (QED) is 0.307. The highest BCUT2D eigenvalue weighted by atomic mass is 127. The molecule has 0 aliphatic heterocycles. The van der Waals surface area contributed by atoms with Gasteiger partial charge in [-0.3, -0.25) is 13.9 Å². The molecule has 0 bridgehead atoms. The summed E-state index contributed by atoms with van der Waals surface area (Å²) in [6.07, 6.45) is 0. The minimum atomic E-state index is -4.08. The molecule has 0 aliphatic carbocycles. The number of halogens is 2. The molecule has 0 radical (unpaired) electrons. The molecule has 0 saturated heterocycles. The Hall–Kier alpha value is -2.63. The van der Waals surface area contributed by atoms with E-state index in [4.69, 9.17) is 11.6 Å². The van der Waals surface area contributed by atoms with Crippen LogP contribution in [0.2, 0.25) is 5.02 Å². The number of carbonyl (C=O) groups is 2. The molecule has 38 heavy (non-hydrogen) atoms. The standard InChI is InChI=1S/C28H31ClIN3O4S/c1-20(27(35)31-28(2,3)4)32(18-21-10-12-22(29)13-11-21)26(34)19-33(24-16-14-23(30)15-17-24)38(36,37)25-8-6-5-7-9-25/h5-17,20H,18-19H2,1-4H3,(H,31,35). The third-order valence-electron chi connectivity index (χ3n) is 5.66. The minimum absolute atomic E-state index is 0.0640. The van der Waals surface area contributed by atoms with Crippen LogP contribution in [0.5, 0.6) is 0 Å². The molecule has 1 unspecified atom stereocenters. The molecule has 3 aromatic carbocycles. The van der Waals surface area contributed by atoms with Gasteiger partial charge in [-0.1, -0.05) is 41.9 Å². The monoisotopic (exact) mass is 667 g/mol. The average Bonchev–Trinajstić information content (AvgIpc) is 2.86. The lowest BCUT2D eigenvalue weighted by molar-refractivity contribution is -0.140. The molecule has 0 saturated carbocycles. The highest BCUT2D eigenvalue weighted by Crippen LogP contribution is 2.25. The first-order valence-corrected chi connectivity index (χ1v) is 14.9. The van der Waals surface area contributed by atoms with Crippen LogP contribution in [0.3, 0.4) is 0 Å². The normalized spacial score (nSPS) is 12.5. The highest BCUT2D eigenvalue weighted by Gasteiger charge is 2.33. The average molecular weight is 668 g/mol. The fraction of sp³-hybridized carbons (Fsp3) is 0.286. The summed E-state index contributed by atoms with van der Waals surface area (Å²) < 4.78 is 29.5. The van der Waals surface area contributed by atoms with E-state index in [9.17, 15) is 18.0 Å². The van der Waals surface area contributed by atoms with Gasteiger partial charge in [0, 0.05) is 20.7 Å². The molecule has 7 nitrogen and oxygen atoms in total. The SMILES string of the molecule is CC(C(=O)NC(C)(C)C)N(Cc1ccc(Cl)cc1)C(=O)CN(c1ccc(I)cc1)S(=O)(=O)c1ccccc1. The Kier molecular flexibility index (Phi) is 9.83. The van der Waals surface area contributed by atoms with Crippen molar-refractivity contribution >= 4 is 61.7 Å². The molecule has 3 aromatic rings. The van der Waals surface area contributed by atoms with E-state index in [0.29, 0.717) is 10.7 Å². The maximum Gasteiger partial charge on any atom is 0.264 e. The first-order chi connectivity index (χ1) is 17.8. The number of nitrogens with one attached hydrogen (secondary N) is 1. The summed E-state index contributed by atoms with van der Waals surface area (Å²) in [5, 5.41) is 3.46. The topological polar surface area (TPSA) is 86.8 Å². The highest BCUT2D eigenvalue weighted by molar-refractivity contribution is 14.1. The van der Waals surface area contributed by atoms with Crippen molar-refractivity contribution in [2.45, 2.75) is 50.7 Å². The molecular weight excluding hydrogens is 637 g/mol. The van der Waals surface area contributed by atoms with Gasteiger partial charge in [-0.25, -0.2) is 8.42 Å². The van der Waals surface area contributed by atoms with Gasteiger partial charge >= 0.3 is 0 Å². The van der Waals surface area contributed by atoms with Crippen molar-refractivity contribution in [1.29, 1.82) is 0 Å². The number of carbonyl (C=O) groups excluding carboxylic acids is 2. The second kappa shape index (κ2) is 12.5. The number of anilines is 1.